The first-order valence-corrected chi connectivity index (χ1v) is 6.71. The molecule has 4 nitrogen and oxygen atoms in total. The van der Waals surface area contributed by atoms with E-state index in [0.717, 1.165) is 23.4 Å². The van der Waals surface area contributed by atoms with Gasteiger partial charge in [-0.1, -0.05) is 12.1 Å². The molecule has 2 rings (SSSR count). The predicted molar refractivity (Wildman–Crippen MR) is 77.3 cm³/mol. The third kappa shape index (κ3) is 4.79. The molecule has 2 aromatic rings. The van der Waals surface area contributed by atoms with E-state index < -0.39 is 0 Å². The first kappa shape index (κ1) is 13.7. The van der Waals surface area contributed by atoms with Crippen molar-refractivity contribution in [2.45, 2.75) is 24.3 Å². The van der Waals surface area contributed by atoms with Gasteiger partial charge in [0.2, 0.25) is 5.91 Å². The molecule has 5 heteroatoms. The molecule has 0 aliphatic rings. The van der Waals surface area contributed by atoms with Crippen molar-refractivity contribution in [3.63, 3.8) is 0 Å². The van der Waals surface area contributed by atoms with E-state index in [4.69, 9.17) is 0 Å². The molecule has 0 radical (unpaired) electrons. The van der Waals surface area contributed by atoms with E-state index in [-0.39, 0.29) is 5.91 Å². The first-order chi connectivity index (χ1) is 9.24. The zero-order chi connectivity index (χ0) is 13.5. The number of hydrogen-bond donors (Lipinski definition) is 2. The zero-order valence-corrected chi connectivity index (χ0v) is 11.5. The first-order valence-electron chi connectivity index (χ1n) is 6.26. The molecule has 0 fully saturated rings. The van der Waals surface area contributed by atoms with Gasteiger partial charge in [0.05, 0.1) is 6.42 Å². The summed E-state index contributed by atoms with van der Waals surface area (Å²) >= 11 is 4.21. The third-order valence-electron chi connectivity index (χ3n) is 2.75. The van der Waals surface area contributed by atoms with Gasteiger partial charge in [-0.25, -0.2) is 0 Å². The lowest BCUT2D eigenvalue weighted by molar-refractivity contribution is -0.120. The highest BCUT2D eigenvalue weighted by molar-refractivity contribution is 7.80. The number of aryl methyl sites for hydroxylation is 1. The summed E-state index contributed by atoms with van der Waals surface area (Å²) in [4.78, 5) is 12.6. The number of thiol groups is 1. The predicted octanol–water partition coefficient (Wildman–Crippen LogP) is 1.92. The number of hydrogen-bond acceptors (Lipinski definition) is 3. The number of carbonyl (C=O) groups excluding carboxylic acids is 1. The summed E-state index contributed by atoms with van der Waals surface area (Å²) < 4.78 is 1.86. The van der Waals surface area contributed by atoms with Crippen LogP contribution in [0.4, 0.5) is 0 Å². The van der Waals surface area contributed by atoms with Gasteiger partial charge >= 0.3 is 0 Å². The SMILES string of the molecule is O=C(Cc1ccc(S)cc1)NCCCn1cccn1. The van der Waals surface area contributed by atoms with Crippen LogP contribution < -0.4 is 5.32 Å². The van der Waals surface area contributed by atoms with Crippen molar-refractivity contribution in [3.05, 3.63) is 48.3 Å². The summed E-state index contributed by atoms with van der Waals surface area (Å²) in [6.45, 7) is 1.49. The molecule has 0 aliphatic carbocycles. The maximum Gasteiger partial charge on any atom is 0.224 e. The fourth-order valence-corrected chi connectivity index (χ4v) is 1.91. The minimum Gasteiger partial charge on any atom is -0.356 e. The van der Waals surface area contributed by atoms with Crippen LogP contribution in [0.15, 0.2) is 47.6 Å². The van der Waals surface area contributed by atoms with Gasteiger partial charge in [0, 0.05) is 30.4 Å². The van der Waals surface area contributed by atoms with Gasteiger partial charge in [0.1, 0.15) is 0 Å². The lowest BCUT2D eigenvalue weighted by Crippen LogP contribution is -2.26. The molecule has 1 heterocycles. The van der Waals surface area contributed by atoms with Crippen LogP contribution >= 0.6 is 12.6 Å². The van der Waals surface area contributed by atoms with Crippen molar-refractivity contribution in [2.75, 3.05) is 6.54 Å². The Balaban J connectivity index is 1.65. The molecule has 19 heavy (non-hydrogen) atoms. The molecule has 0 unspecified atom stereocenters. The molecule has 1 amide bonds. The molecule has 1 N–H and O–H groups in total. The molecule has 0 spiro atoms. The van der Waals surface area contributed by atoms with Gasteiger partial charge in [-0.2, -0.15) is 5.10 Å². The Morgan fingerprint density at radius 1 is 1.32 bits per heavy atom. The lowest BCUT2D eigenvalue weighted by atomic mass is 10.1. The van der Waals surface area contributed by atoms with Crippen molar-refractivity contribution >= 4 is 18.5 Å². The second-order valence-corrected chi connectivity index (χ2v) is 4.83. The van der Waals surface area contributed by atoms with E-state index in [1.807, 2.05) is 41.2 Å². The highest BCUT2D eigenvalue weighted by Gasteiger charge is 2.02. The minimum atomic E-state index is 0.0485. The van der Waals surface area contributed by atoms with Gasteiger partial charge in [0.15, 0.2) is 0 Å². The van der Waals surface area contributed by atoms with Gasteiger partial charge in [0.25, 0.3) is 0 Å². The molecule has 0 aliphatic heterocycles. The maximum absolute atomic E-state index is 11.7. The van der Waals surface area contributed by atoms with Crippen molar-refractivity contribution in [1.29, 1.82) is 0 Å². The largest absolute Gasteiger partial charge is 0.356 e. The van der Waals surface area contributed by atoms with E-state index in [1.54, 1.807) is 6.20 Å². The smallest absolute Gasteiger partial charge is 0.224 e. The van der Waals surface area contributed by atoms with E-state index in [2.05, 4.69) is 23.0 Å². The molecule has 0 atom stereocenters. The fourth-order valence-electron chi connectivity index (χ4n) is 1.76. The molecule has 0 saturated carbocycles. The Morgan fingerprint density at radius 2 is 2.11 bits per heavy atom. The maximum atomic E-state index is 11.7. The summed E-state index contributed by atoms with van der Waals surface area (Å²) in [6, 6.07) is 9.52. The standard InChI is InChI=1S/C14H17N3OS/c18-14(11-12-3-5-13(19)6-4-12)15-7-1-9-17-10-2-8-16-17/h2-6,8,10,19H,1,7,9,11H2,(H,15,18). The minimum absolute atomic E-state index is 0.0485. The highest BCUT2D eigenvalue weighted by atomic mass is 32.1. The average molecular weight is 275 g/mol. The normalized spacial score (nSPS) is 10.4. The van der Waals surface area contributed by atoms with Crippen LogP contribution in [-0.2, 0) is 17.8 Å². The van der Waals surface area contributed by atoms with Gasteiger partial charge in [-0.15, -0.1) is 12.6 Å². The van der Waals surface area contributed by atoms with Crippen LogP contribution in [0.1, 0.15) is 12.0 Å². The molecule has 1 aromatic carbocycles. The van der Waals surface area contributed by atoms with Crippen LogP contribution in [-0.4, -0.2) is 22.2 Å². The van der Waals surface area contributed by atoms with Crippen molar-refractivity contribution in [1.82, 2.24) is 15.1 Å². The fraction of sp³-hybridized carbons (Fsp3) is 0.286. The van der Waals surface area contributed by atoms with E-state index >= 15 is 0 Å². The highest BCUT2D eigenvalue weighted by Crippen LogP contribution is 2.08. The van der Waals surface area contributed by atoms with Gasteiger partial charge < -0.3 is 5.32 Å². The number of nitrogens with zero attached hydrogens (tertiary/aromatic N) is 2. The summed E-state index contributed by atoms with van der Waals surface area (Å²) in [5, 5.41) is 7.01. The Morgan fingerprint density at radius 3 is 2.79 bits per heavy atom. The van der Waals surface area contributed by atoms with Crippen LogP contribution in [0.5, 0.6) is 0 Å². The second kappa shape index (κ2) is 6.99. The molecule has 1 aromatic heterocycles. The summed E-state index contributed by atoms with van der Waals surface area (Å²) in [5.41, 5.74) is 1.00. The monoisotopic (exact) mass is 275 g/mol. The lowest BCUT2D eigenvalue weighted by Gasteiger charge is -2.06. The Kier molecular flexibility index (Phi) is 5.03. The molecular formula is C14H17N3OS. The Bertz CT molecular complexity index is 508. The number of amides is 1. The van der Waals surface area contributed by atoms with E-state index in [0.29, 0.717) is 13.0 Å². The second-order valence-electron chi connectivity index (χ2n) is 4.32. The summed E-state index contributed by atoms with van der Waals surface area (Å²) in [5.74, 6) is 0.0485. The average Bonchev–Trinajstić information content (AvgIpc) is 2.91. The molecule has 0 saturated heterocycles. The van der Waals surface area contributed by atoms with Crippen molar-refractivity contribution in [2.24, 2.45) is 0 Å². The number of nitrogens with one attached hydrogen (secondary N) is 1. The van der Waals surface area contributed by atoms with Gasteiger partial charge in [-0.3, -0.25) is 9.48 Å². The van der Waals surface area contributed by atoms with Crippen LogP contribution in [0.2, 0.25) is 0 Å². The quantitative estimate of drug-likeness (QED) is 0.625. The Labute approximate surface area is 118 Å². The number of rotatable bonds is 6. The van der Waals surface area contributed by atoms with Crippen molar-refractivity contribution < 1.29 is 4.79 Å². The third-order valence-corrected chi connectivity index (χ3v) is 3.04. The van der Waals surface area contributed by atoms with Crippen LogP contribution in [0.3, 0.4) is 0 Å². The molecule has 0 bridgehead atoms. The topological polar surface area (TPSA) is 46.9 Å². The number of carbonyl (C=O) groups is 1. The van der Waals surface area contributed by atoms with Crippen LogP contribution in [0, 0.1) is 0 Å². The molecular weight excluding hydrogens is 258 g/mol. The van der Waals surface area contributed by atoms with Crippen LogP contribution in [0.25, 0.3) is 0 Å². The van der Waals surface area contributed by atoms with E-state index in [9.17, 15) is 4.79 Å². The number of aromatic nitrogens is 2. The van der Waals surface area contributed by atoms with E-state index in [1.165, 1.54) is 0 Å². The zero-order valence-electron chi connectivity index (χ0n) is 10.6. The summed E-state index contributed by atoms with van der Waals surface area (Å²) in [7, 11) is 0. The summed E-state index contributed by atoms with van der Waals surface area (Å²) in [6.07, 6.45) is 4.96. The van der Waals surface area contributed by atoms with Crippen molar-refractivity contribution in [3.8, 4) is 0 Å². The van der Waals surface area contributed by atoms with Gasteiger partial charge in [-0.05, 0) is 30.2 Å². The Hall–Kier alpha value is -1.75. The number of benzene rings is 1. The molecule has 100 valence electrons.